The van der Waals surface area contributed by atoms with Crippen molar-refractivity contribution in [3.05, 3.63) is 59.7 Å². The maximum atomic E-state index is 12.6. The van der Waals surface area contributed by atoms with E-state index in [1.165, 1.54) is 29.2 Å². The second kappa shape index (κ2) is 10.8. The summed E-state index contributed by atoms with van der Waals surface area (Å²) in [6.07, 6.45) is 4.44. The van der Waals surface area contributed by atoms with Gasteiger partial charge in [-0.2, -0.15) is 17.6 Å². The Labute approximate surface area is 170 Å². The zero-order chi connectivity index (χ0) is 21.4. The minimum Gasteiger partial charge on any atom is -0.435 e. The molecule has 0 aromatic heterocycles. The third kappa shape index (κ3) is 7.34. The van der Waals surface area contributed by atoms with E-state index < -0.39 is 13.2 Å². The molecule has 0 radical (unpaired) electrons. The first-order valence-electron chi connectivity index (χ1n) is 8.38. The molecular formula is C20H19F4NO3S. The van der Waals surface area contributed by atoms with Crippen LogP contribution in [0, 0.1) is 0 Å². The van der Waals surface area contributed by atoms with Crippen molar-refractivity contribution in [3.8, 4) is 11.5 Å². The third-order valence-corrected chi connectivity index (χ3v) is 4.53. The predicted octanol–water partition coefficient (Wildman–Crippen LogP) is 5.28. The Morgan fingerprint density at radius 1 is 1.07 bits per heavy atom. The fourth-order valence-corrected chi connectivity index (χ4v) is 2.81. The summed E-state index contributed by atoms with van der Waals surface area (Å²) >= 11 is 1.61. The monoisotopic (exact) mass is 429 g/mol. The number of carbonyl (C=O) groups is 1. The first-order valence-corrected chi connectivity index (χ1v) is 9.60. The molecule has 0 heterocycles. The standard InChI is InChI=1S/C20H19F4NO3S/c1-25(12-13-3-8-16(29-2)9-4-13)18(26)10-6-14-5-7-15(27-19(21)22)11-17(14)28-20(23)24/h3-11,19-20H,12H2,1-2H3/b10-6+. The van der Waals surface area contributed by atoms with Crippen LogP contribution in [0.15, 0.2) is 53.4 Å². The van der Waals surface area contributed by atoms with E-state index >= 15 is 0 Å². The highest BCUT2D eigenvalue weighted by Gasteiger charge is 2.13. The highest BCUT2D eigenvalue weighted by molar-refractivity contribution is 7.98. The van der Waals surface area contributed by atoms with Gasteiger partial charge in [0.25, 0.3) is 0 Å². The Hall–Kier alpha value is -2.68. The minimum absolute atomic E-state index is 0.123. The van der Waals surface area contributed by atoms with Crippen LogP contribution in [0.3, 0.4) is 0 Å². The summed E-state index contributed by atoms with van der Waals surface area (Å²) in [5.41, 5.74) is 1.06. The first-order chi connectivity index (χ1) is 13.8. The van der Waals surface area contributed by atoms with Gasteiger partial charge in [0, 0.05) is 36.2 Å². The van der Waals surface area contributed by atoms with Gasteiger partial charge in [-0.25, -0.2) is 0 Å². The average Bonchev–Trinajstić information content (AvgIpc) is 2.66. The van der Waals surface area contributed by atoms with Crippen molar-refractivity contribution in [2.45, 2.75) is 24.7 Å². The number of hydrogen-bond acceptors (Lipinski definition) is 4. The molecule has 0 atom stereocenters. The zero-order valence-corrected chi connectivity index (χ0v) is 16.5. The van der Waals surface area contributed by atoms with Crippen molar-refractivity contribution in [3.63, 3.8) is 0 Å². The Balaban J connectivity index is 2.10. The molecule has 156 valence electrons. The first kappa shape index (κ1) is 22.6. The number of hydrogen-bond donors (Lipinski definition) is 0. The summed E-state index contributed by atoms with van der Waals surface area (Å²) in [6.45, 7) is -5.90. The number of alkyl halides is 4. The molecule has 0 saturated carbocycles. The number of halogens is 4. The number of thioether (sulfide) groups is 1. The maximum Gasteiger partial charge on any atom is 0.387 e. The van der Waals surface area contributed by atoms with E-state index in [0.29, 0.717) is 6.54 Å². The van der Waals surface area contributed by atoms with Crippen LogP contribution < -0.4 is 9.47 Å². The number of likely N-dealkylation sites (N-methyl/N-ethyl adjacent to an activating group) is 1. The molecule has 1 amide bonds. The van der Waals surface area contributed by atoms with Gasteiger partial charge in [-0.1, -0.05) is 12.1 Å². The molecule has 0 saturated heterocycles. The molecule has 0 aliphatic heterocycles. The van der Waals surface area contributed by atoms with Crippen LogP contribution in [0.25, 0.3) is 6.08 Å². The lowest BCUT2D eigenvalue weighted by Gasteiger charge is -2.15. The molecule has 2 aromatic carbocycles. The highest BCUT2D eigenvalue weighted by Crippen LogP contribution is 2.28. The van der Waals surface area contributed by atoms with Crippen LogP contribution in [0.1, 0.15) is 11.1 Å². The van der Waals surface area contributed by atoms with Crippen LogP contribution in [0.2, 0.25) is 0 Å². The predicted molar refractivity (Wildman–Crippen MR) is 103 cm³/mol. The van der Waals surface area contributed by atoms with Gasteiger partial charge < -0.3 is 14.4 Å². The minimum atomic E-state index is -3.16. The SMILES string of the molecule is CSc1ccc(CN(C)C(=O)/C=C/c2ccc(OC(F)F)cc2OC(F)F)cc1. The maximum absolute atomic E-state index is 12.6. The quantitative estimate of drug-likeness (QED) is 0.309. The Bertz CT molecular complexity index is 844. The lowest BCUT2D eigenvalue weighted by molar-refractivity contribution is -0.125. The zero-order valence-electron chi connectivity index (χ0n) is 15.7. The number of nitrogens with zero attached hydrogens (tertiary/aromatic N) is 1. The molecule has 0 bridgehead atoms. The average molecular weight is 429 g/mol. The summed E-state index contributed by atoms with van der Waals surface area (Å²) in [7, 11) is 1.60. The van der Waals surface area contributed by atoms with E-state index in [1.807, 2.05) is 30.5 Å². The second-order valence-corrected chi connectivity index (χ2v) is 6.71. The number of ether oxygens (including phenoxy) is 2. The number of benzene rings is 2. The molecule has 0 aliphatic carbocycles. The summed E-state index contributed by atoms with van der Waals surface area (Å²) in [6, 6.07) is 11.1. The van der Waals surface area contributed by atoms with Crippen LogP contribution in [0.4, 0.5) is 17.6 Å². The van der Waals surface area contributed by atoms with E-state index in [2.05, 4.69) is 9.47 Å². The molecule has 0 N–H and O–H groups in total. The van der Waals surface area contributed by atoms with Gasteiger partial charge in [-0.15, -0.1) is 11.8 Å². The molecular weight excluding hydrogens is 410 g/mol. The molecule has 29 heavy (non-hydrogen) atoms. The van der Waals surface area contributed by atoms with E-state index in [-0.39, 0.29) is 23.0 Å². The van der Waals surface area contributed by atoms with Crippen LogP contribution in [0.5, 0.6) is 11.5 Å². The van der Waals surface area contributed by atoms with Crippen molar-refractivity contribution in [1.29, 1.82) is 0 Å². The van der Waals surface area contributed by atoms with E-state index in [0.717, 1.165) is 16.5 Å². The van der Waals surface area contributed by atoms with Gasteiger partial charge in [-0.05, 0) is 42.2 Å². The third-order valence-electron chi connectivity index (χ3n) is 3.79. The molecule has 2 aromatic rings. The number of carbonyl (C=O) groups excluding carboxylic acids is 1. The van der Waals surface area contributed by atoms with E-state index in [9.17, 15) is 22.4 Å². The Morgan fingerprint density at radius 2 is 1.72 bits per heavy atom. The fourth-order valence-electron chi connectivity index (χ4n) is 2.40. The molecule has 4 nitrogen and oxygen atoms in total. The van der Waals surface area contributed by atoms with Gasteiger partial charge >= 0.3 is 13.2 Å². The lowest BCUT2D eigenvalue weighted by Crippen LogP contribution is -2.24. The fraction of sp³-hybridized carbons (Fsp3) is 0.250. The van der Waals surface area contributed by atoms with Gasteiger partial charge in [0.2, 0.25) is 5.91 Å². The van der Waals surface area contributed by atoms with Crippen LogP contribution in [-0.4, -0.2) is 37.3 Å². The molecule has 0 fully saturated rings. The Kier molecular flexibility index (Phi) is 8.38. The Morgan fingerprint density at radius 3 is 2.31 bits per heavy atom. The topological polar surface area (TPSA) is 38.8 Å². The van der Waals surface area contributed by atoms with Crippen molar-refractivity contribution < 1.29 is 31.8 Å². The van der Waals surface area contributed by atoms with E-state index in [1.54, 1.807) is 18.8 Å². The van der Waals surface area contributed by atoms with Gasteiger partial charge in [0.1, 0.15) is 11.5 Å². The molecule has 0 aliphatic rings. The molecule has 0 spiro atoms. The van der Waals surface area contributed by atoms with Crippen LogP contribution in [-0.2, 0) is 11.3 Å². The van der Waals surface area contributed by atoms with Crippen molar-refractivity contribution in [2.24, 2.45) is 0 Å². The largest absolute Gasteiger partial charge is 0.435 e. The molecule has 0 unspecified atom stereocenters. The lowest BCUT2D eigenvalue weighted by atomic mass is 10.1. The van der Waals surface area contributed by atoms with Crippen molar-refractivity contribution >= 4 is 23.7 Å². The summed E-state index contributed by atoms with van der Waals surface area (Å²) in [5.74, 6) is -1.07. The summed E-state index contributed by atoms with van der Waals surface area (Å²) in [5, 5.41) is 0. The van der Waals surface area contributed by atoms with Crippen LogP contribution >= 0.6 is 11.8 Å². The van der Waals surface area contributed by atoms with Gasteiger partial charge in [0.05, 0.1) is 0 Å². The van der Waals surface area contributed by atoms with Crippen molar-refractivity contribution in [2.75, 3.05) is 13.3 Å². The normalized spacial score (nSPS) is 11.3. The molecule has 9 heteroatoms. The smallest absolute Gasteiger partial charge is 0.387 e. The van der Waals surface area contributed by atoms with E-state index in [4.69, 9.17) is 0 Å². The number of rotatable bonds is 9. The second-order valence-electron chi connectivity index (χ2n) is 5.83. The van der Waals surface area contributed by atoms with Gasteiger partial charge in [-0.3, -0.25) is 4.79 Å². The van der Waals surface area contributed by atoms with Crippen molar-refractivity contribution in [1.82, 2.24) is 4.90 Å². The highest BCUT2D eigenvalue weighted by atomic mass is 32.2. The summed E-state index contributed by atoms with van der Waals surface area (Å²) < 4.78 is 58.3. The molecule has 2 rings (SSSR count). The summed E-state index contributed by atoms with van der Waals surface area (Å²) in [4.78, 5) is 14.9. The van der Waals surface area contributed by atoms with Gasteiger partial charge in [0.15, 0.2) is 0 Å². The number of amides is 1.